The quantitative estimate of drug-likeness (QED) is 0.320. The van der Waals surface area contributed by atoms with E-state index in [1.54, 1.807) is 25.1 Å². The molecule has 0 spiro atoms. The average molecular weight is 426 g/mol. The number of halogens is 1. The molecule has 0 bridgehead atoms. The molecule has 2 aromatic carbocycles. The molecule has 154 valence electrons. The summed E-state index contributed by atoms with van der Waals surface area (Å²) in [7, 11) is 0. The van der Waals surface area contributed by atoms with Crippen LogP contribution in [0.25, 0.3) is 6.08 Å². The predicted octanol–water partition coefficient (Wildman–Crippen LogP) is 3.49. The van der Waals surface area contributed by atoms with Crippen molar-refractivity contribution in [2.24, 2.45) is 0 Å². The van der Waals surface area contributed by atoms with Crippen LogP contribution in [0.3, 0.4) is 0 Å². The van der Waals surface area contributed by atoms with Crippen molar-refractivity contribution in [3.63, 3.8) is 0 Å². The van der Waals surface area contributed by atoms with Crippen molar-refractivity contribution in [1.82, 2.24) is 5.32 Å². The first-order valence-corrected chi connectivity index (χ1v) is 9.53. The molecule has 1 saturated heterocycles. The van der Waals surface area contributed by atoms with Gasteiger partial charge in [0.15, 0.2) is 16.6 Å². The van der Waals surface area contributed by atoms with Crippen LogP contribution >= 0.6 is 12.2 Å². The number of rotatable bonds is 6. The summed E-state index contributed by atoms with van der Waals surface area (Å²) in [4.78, 5) is 26.4. The normalized spacial score (nSPS) is 15.3. The highest BCUT2D eigenvalue weighted by atomic mass is 32.1. The van der Waals surface area contributed by atoms with Gasteiger partial charge in [0.05, 0.1) is 12.3 Å². The number of nitrogens with zero attached hydrogens (tertiary/aromatic N) is 1. The summed E-state index contributed by atoms with van der Waals surface area (Å²) in [6.07, 6.45) is 3.31. The van der Waals surface area contributed by atoms with E-state index in [4.69, 9.17) is 17.0 Å². The summed E-state index contributed by atoms with van der Waals surface area (Å²) in [6, 6.07) is 8.76. The number of amides is 2. The molecular formula is C22H19FN2O4S. The minimum atomic E-state index is -0.759. The van der Waals surface area contributed by atoms with E-state index in [-0.39, 0.29) is 27.9 Å². The summed E-state index contributed by atoms with van der Waals surface area (Å²) in [6.45, 7) is 5.74. The SMILES string of the molecule is C=CCc1cc(C=C2C(=O)NC(=S)N(c3ccccc3F)C2=O)cc(OCC)c1O. The molecule has 1 aliphatic heterocycles. The van der Waals surface area contributed by atoms with Crippen LogP contribution in [0.1, 0.15) is 18.1 Å². The van der Waals surface area contributed by atoms with Crippen molar-refractivity contribution in [2.75, 3.05) is 11.5 Å². The maximum absolute atomic E-state index is 14.3. The number of allylic oxidation sites excluding steroid dienone is 1. The summed E-state index contributed by atoms with van der Waals surface area (Å²) >= 11 is 5.08. The summed E-state index contributed by atoms with van der Waals surface area (Å²) in [5.41, 5.74) is 0.678. The van der Waals surface area contributed by atoms with Gasteiger partial charge < -0.3 is 9.84 Å². The summed E-state index contributed by atoms with van der Waals surface area (Å²) < 4.78 is 19.7. The first-order valence-electron chi connectivity index (χ1n) is 9.13. The van der Waals surface area contributed by atoms with Gasteiger partial charge in [0.25, 0.3) is 11.8 Å². The van der Waals surface area contributed by atoms with E-state index in [1.807, 2.05) is 0 Å². The van der Waals surface area contributed by atoms with Crippen molar-refractivity contribution >= 4 is 40.9 Å². The van der Waals surface area contributed by atoms with Crippen LogP contribution in [0.15, 0.2) is 54.6 Å². The number of nitrogens with one attached hydrogen (secondary N) is 1. The van der Waals surface area contributed by atoms with Crippen molar-refractivity contribution < 1.29 is 23.8 Å². The van der Waals surface area contributed by atoms with Gasteiger partial charge in [-0.2, -0.15) is 0 Å². The Morgan fingerprint density at radius 1 is 1.30 bits per heavy atom. The lowest BCUT2D eigenvalue weighted by atomic mass is 10.0. The van der Waals surface area contributed by atoms with Crippen LogP contribution in [0.5, 0.6) is 11.5 Å². The number of ether oxygens (including phenoxy) is 1. The van der Waals surface area contributed by atoms with Gasteiger partial charge in [-0.25, -0.2) is 9.29 Å². The Hall–Kier alpha value is -3.52. The fraction of sp³-hybridized carbons (Fsp3) is 0.136. The van der Waals surface area contributed by atoms with E-state index in [2.05, 4.69) is 11.9 Å². The number of carbonyl (C=O) groups is 2. The van der Waals surface area contributed by atoms with Gasteiger partial charge in [0.1, 0.15) is 11.4 Å². The second kappa shape index (κ2) is 8.87. The average Bonchev–Trinajstić information content (AvgIpc) is 2.70. The molecule has 6 nitrogen and oxygen atoms in total. The van der Waals surface area contributed by atoms with Crippen LogP contribution in [0.4, 0.5) is 10.1 Å². The topological polar surface area (TPSA) is 78.9 Å². The molecule has 0 saturated carbocycles. The Morgan fingerprint density at radius 2 is 2.03 bits per heavy atom. The van der Waals surface area contributed by atoms with E-state index in [1.165, 1.54) is 30.3 Å². The molecule has 30 heavy (non-hydrogen) atoms. The van der Waals surface area contributed by atoms with Gasteiger partial charge in [-0.1, -0.05) is 18.2 Å². The first kappa shape index (κ1) is 21.2. The van der Waals surface area contributed by atoms with E-state index < -0.39 is 17.6 Å². The smallest absolute Gasteiger partial charge is 0.270 e. The summed E-state index contributed by atoms with van der Waals surface area (Å²) in [5, 5.41) is 12.5. The second-order valence-corrected chi connectivity index (χ2v) is 6.75. The molecule has 0 radical (unpaired) electrons. The summed E-state index contributed by atoms with van der Waals surface area (Å²) in [5.74, 6) is -1.93. The van der Waals surface area contributed by atoms with Gasteiger partial charge in [-0.3, -0.25) is 14.9 Å². The number of para-hydroxylation sites is 1. The Kier molecular flexibility index (Phi) is 6.27. The minimum absolute atomic E-state index is 0.0347. The molecule has 3 rings (SSSR count). The molecule has 2 amide bonds. The van der Waals surface area contributed by atoms with Crippen molar-refractivity contribution in [3.05, 3.63) is 71.6 Å². The molecule has 0 aromatic heterocycles. The van der Waals surface area contributed by atoms with E-state index >= 15 is 0 Å². The number of phenolic OH excluding ortho intramolecular Hbond substituents is 1. The Balaban J connectivity index is 2.08. The Labute approximate surface area is 178 Å². The Morgan fingerprint density at radius 3 is 2.70 bits per heavy atom. The number of hydrogen-bond acceptors (Lipinski definition) is 5. The van der Waals surface area contributed by atoms with Gasteiger partial charge in [0, 0.05) is 5.56 Å². The van der Waals surface area contributed by atoms with Gasteiger partial charge >= 0.3 is 0 Å². The molecule has 2 N–H and O–H groups in total. The maximum atomic E-state index is 14.3. The standard InChI is InChI=1S/C22H19FN2O4S/c1-3-7-14-10-13(12-18(19(14)26)29-4-2)11-15-20(27)24-22(30)25(21(15)28)17-9-6-5-8-16(17)23/h3,5-6,8-12,26H,1,4,7H2,2H3,(H,24,27,30). The zero-order chi connectivity index (χ0) is 21.8. The lowest BCUT2D eigenvalue weighted by Gasteiger charge is -2.29. The minimum Gasteiger partial charge on any atom is -0.504 e. The third-order valence-corrected chi connectivity index (χ3v) is 4.63. The highest BCUT2D eigenvalue weighted by Gasteiger charge is 2.35. The molecule has 0 unspecified atom stereocenters. The molecule has 1 aliphatic rings. The fourth-order valence-electron chi connectivity index (χ4n) is 3.03. The number of anilines is 1. The number of aromatic hydroxyl groups is 1. The fourth-order valence-corrected chi connectivity index (χ4v) is 3.30. The maximum Gasteiger partial charge on any atom is 0.270 e. The van der Waals surface area contributed by atoms with Gasteiger partial charge in [0.2, 0.25) is 0 Å². The molecular weight excluding hydrogens is 407 g/mol. The van der Waals surface area contributed by atoms with E-state index in [9.17, 15) is 19.1 Å². The van der Waals surface area contributed by atoms with Gasteiger partial charge in [-0.05, 0) is 61.5 Å². The Bertz CT molecular complexity index is 1080. The molecule has 1 fully saturated rings. The van der Waals surface area contributed by atoms with Crippen LogP contribution in [0, 0.1) is 5.82 Å². The molecule has 0 atom stereocenters. The van der Waals surface area contributed by atoms with Crippen LogP contribution in [-0.4, -0.2) is 28.6 Å². The van der Waals surface area contributed by atoms with Crippen molar-refractivity contribution in [1.29, 1.82) is 0 Å². The molecule has 1 heterocycles. The van der Waals surface area contributed by atoms with E-state index in [0.29, 0.717) is 24.2 Å². The zero-order valence-electron chi connectivity index (χ0n) is 16.1. The molecule has 2 aromatic rings. The monoisotopic (exact) mass is 426 g/mol. The first-order chi connectivity index (χ1) is 14.4. The third kappa shape index (κ3) is 4.08. The van der Waals surface area contributed by atoms with Gasteiger partial charge in [-0.15, -0.1) is 6.58 Å². The van der Waals surface area contributed by atoms with E-state index in [0.717, 1.165) is 4.90 Å². The number of thiocarbonyl (C=S) groups is 1. The van der Waals surface area contributed by atoms with Crippen LogP contribution < -0.4 is 15.0 Å². The third-order valence-electron chi connectivity index (χ3n) is 4.35. The number of carbonyl (C=O) groups excluding carboxylic acids is 2. The lowest BCUT2D eigenvalue weighted by Crippen LogP contribution is -2.54. The molecule has 0 aliphatic carbocycles. The zero-order valence-corrected chi connectivity index (χ0v) is 17.0. The second-order valence-electron chi connectivity index (χ2n) is 6.36. The number of hydrogen-bond donors (Lipinski definition) is 2. The largest absolute Gasteiger partial charge is 0.504 e. The molecule has 8 heteroatoms. The van der Waals surface area contributed by atoms with Crippen LogP contribution in [0.2, 0.25) is 0 Å². The van der Waals surface area contributed by atoms with Crippen molar-refractivity contribution in [3.8, 4) is 11.5 Å². The predicted molar refractivity (Wildman–Crippen MR) is 116 cm³/mol. The van der Waals surface area contributed by atoms with Crippen LogP contribution in [-0.2, 0) is 16.0 Å². The number of benzene rings is 2. The number of phenols is 1. The highest BCUT2D eigenvalue weighted by Crippen LogP contribution is 2.34. The highest BCUT2D eigenvalue weighted by molar-refractivity contribution is 7.80. The van der Waals surface area contributed by atoms with Crippen molar-refractivity contribution in [2.45, 2.75) is 13.3 Å². The lowest BCUT2D eigenvalue weighted by molar-refractivity contribution is -0.122.